The van der Waals surface area contributed by atoms with Gasteiger partial charge in [-0.2, -0.15) is 0 Å². The molecule has 1 N–H and O–H groups in total. The second-order valence-electron chi connectivity index (χ2n) is 4.18. The Morgan fingerprint density at radius 1 is 1.47 bits per heavy atom. The van der Waals surface area contributed by atoms with Gasteiger partial charge in [-0.25, -0.2) is 0 Å². The zero-order valence-electron chi connectivity index (χ0n) is 10.4. The first-order valence-corrected chi connectivity index (χ1v) is 7.11. The van der Waals surface area contributed by atoms with Crippen molar-refractivity contribution >= 4 is 29.3 Å². The van der Waals surface area contributed by atoms with Gasteiger partial charge in [-0.05, 0) is 29.9 Å². The van der Waals surface area contributed by atoms with Crippen LogP contribution in [0.2, 0.25) is 5.02 Å². The molecule has 0 unspecified atom stereocenters. The molecule has 0 saturated carbocycles. The van der Waals surface area contributed by atoms with Gasteiger partial charge in [0.05, 0.1) is 5.56 Å². The van der Waals surface area contributed by atoms with Crippen molar-refractivity contribution in [3.05, 3.63) is 28.8 Å². The molecule has 94 valence electrons. The molecule has 0 radical (unpaired) electrons. The van der Waals surface area contributed by atoms with Crippen LogP contribution in [0.3, 0.4) is 0 Å². The van der Waals surface area contributed by atoms with Crippen LogP contribution < -0.4 is 5.32 Å². The van der Waals surface area contributed by atoms with Crippen LogP contribution in [0.15, 0.2) is 23.1 Å². The highest BCUT2D eigenvalue weighted by Gasteiger charge is 2.11. The van der Waals surface area contributed by atoms with E-state index in [4.69, 9.17) is 11.6 Å². The molecule has 2 nitrogen and oxygen atoms in total. The lowest BCUT2D eigenvalue weighted by molar-refractivity contribution is 0.0946. The molecule has 17 heavy (non-hydrogen) atoms. The first-order chi connectivity index (χ1) is 8.04. The lowest BCUT2D eigenvalue weighted by Gasteiger charge is -2.11. The minimum atomic E-state index is -0.0219. The second-order valence-corrected chi connectivity index (χ2v) is 5.92. The molecule has 0 aliphatic heterocycles. The van der Waals surface area contributed by atoms with E-state index in [1.807, 2.05) is 6.07 Å². The Kier molecular flexibility index (Phi) is 5.86. The molecule has 0 atom stereocenters. The van der Waals surface area contributed by atoms with Crippen molar-refractivity contribution in [3.8, 4) is 0 Å². The van der Waals surface area contributed by atoms with Crippen molar-refractivity contribution in [2.24, 2.45) is 5.92 Å². The fourth-order valence-corrected chi connectivity index (χ4v) is 2.43. The number of carbonyl (C=O) groups excluding carboxylic acids is 1. The number of nitrogens with one attached hydrogen (secondary N) is 1. The molecule has 0 aliphatic rings. The van der Waals surface area contributed by atoms with E-state index in [0.29, 0.717) is 23.0 Å². The minimum Gasteiger partial charge on any atom is -0.352 e. The maximum atomic E-state index is 12.0. The normalized spacial score (nSPS) is 10.6. The quantitative estimate of drug-likeness (QED) is 0.825. The van der Waals surface area contributed by atoms with Gasteiger partial charge < -0.3 is 5.32 Å². The van der Waals surface area contributed by atoms with E-state index in [2.05, 4.69) is 26.1 Å². The van der Waals surface area contributed by atoms with Crippen molar-refractivity contribution in [2.45, 2.75) is 25.7 Å². The van der Waals surface area contributed by atoms with Crippen LogP contribution in [0.25, 0.3) is 0 Å². The van der Waals surface area contributed by atoms with Gasteiger partial charge in [-0.15, -0.1) is 11.8 Å². The summed E-state index contributed by atoms with van der Waals surface area (Å²) < 4.78 is 0. The maximum Gasteiger partial charge on any atom is 0.252 e. The van der Waals surface area contributed by atoms with E-state index in [-0.39, 0.29) is 5.91 Å². The summed E-state index contributed by atoms with van der Waals surface area (Å²) >= 11 is 7.57. The largest absolute Gasteiger partial charge is 0.352 e. The summed E-state index contributed by atoms with van der Waals surface area (Å²) in [7, 11) is 0. The third kappa shape index (κ3) is 4.60. The zero-order chi connectivity index (χ0) is 12.8. The Labute approximate surface area is 112 Å². The highest BCUT2D eigenvalue weighted by molar-refractivity contribution is 7.99. The molecule has 0 saturated heterocycles. The molecule has 0 aromatic heterocycles. The lowest BCUT2D eigenvalue weighted by Crippen LogP contribution is -2.27. The molecule has 1 amide bonds. The van der Waals surface area contributed by atoms with Crippen LogP contribution in [-0.2, 0) is 0 Å². The number of hydrogen-bond donors (Lipinski definition) is 1. The van der Waals surface area contributed by atoms with Gasteiger partial charge in [0.15, 0.2) is 0 Å². The summed E-state index contributed by atoms with van der Waals surface area (Å²) in [5.74, 6) is 1.35. The van der Waals surface area contributed by atoms with E-state index in [1.165, 1.54) is 0 Å². The van der Waals surface area contributed by atoms with Crippen molar-refractivity contribution in [1.82, 2.24) is 5.32 Å². The molecular formula is C13H18ClNOS. The van der Waals surface area contributed by atoms with E-state index < -0.39 is 0 Å². The number of carbonyl (C=O) groups is 1. The van der Waals surface area contributed by atoms with E-state index in [0.717, 1.165) is 10.6 Å². The first kappa shape index (κ1) is 14.4. The highest BCUT2D eigenvalue weighted by atomic mass is 35.5. The topological polar surface area (TPSA) is 29.1 Å². The fourth-order valence-electron chi connectivity index (χ4n) is 1.35. The van der Waals surface area contributed by atoms with Crippen LogP contribution in [0.4, 0.5) is 0 Å². The molecular weight excluding hydrogens is 254 g/mol. The molecule has 0 fully saturated rings. The summed E-state index contributed by atoms with van der Waals surface area (Å²) in [5, 5.41) is 3.59. The first-order valence-electron chi connectivity index (χ1n) is 5.75. The van der Waals surface area contributed by atoms with Gasteiger partial charge in [0.1, 0.15) is 0 Å². The number of thioether (sulfide) groups is 1. The monoisotopic (exact) mass is 271 g/mol. The Morgan fingerprint density at radius 2 is 2.18 bits per heavy atom. The maximum absolute atomic E-state index is 12.0. The Balaban J connectivity index is 2.84. The van der Waals surface area contributed by atoms with E-state index >= 15 is 0 Å². The molecule has 0 spiro atoms. The Hall–Kier alpha value is -0.670. The molecule has 0 aliphatic carbocycles. The van der Waals surface area contributed by atoms with E-state index in [1.54, 1.807) is 23.9 Å². The number of benzene rings is 1. The summed E-state index contributed by atoms with van der Waals surface area (Å²) in [5.41, 5.74) is 0.710. The van der Waals surface area contributed by atoms with E-state index in [9.17, 15) is 4.79 Å². The number of rotatable bonds is 5. The van der Waals surface area contributed by atoms with Crippen LogP contribution >= 0.6 is 23.4 Å². The van der Waals surface area contributed by atoms with Gasteiger partial charge in [0.25, 0.3) is 5.91 Å². The van der Waals surface area contributed by atoms with Crippen LogP contribution in [0, 0.1) is 5.92 Å². The Bertz CT molecular complexity index is 393. The third-order valence-electron chi connectivity index (χ3n) is 2.16. The van der Waals surface area contributed by atoms with Crippen molar-refractivity contribution in [1.29, 1.82) is 0 Å². The van der Waals surface area contributed by atoms with Gasteiger partial charge in [0, 0.05) is 16.5 Å². The smallest absolute Gasteiger partial charge is 0.252 e. The van der Waals surface area contributed by atoms with Crippen molar-refractivity contribution in [2.75, 3.05) is 12.3 Å². The van der Waals surface area contributed by atoms with Crippen LogP contribution in [0.5, 0.6) is 0 Å². The average Bonchev–Trinajstić information content (AvgIpc) is 2.26. The summed E-state index contributed by atoms with van der Waals surface area (Å²) in [6.45, 7) is 6.90. The zero-order valence-corrected chi connectivity index (χ0v) is 12.0. The molecule has 0 heterocycles. The summed E-state index contributed by atoms with van der Waals surface area (Å²) in [6, 6.07) is 5.39. The van der Waals surface area contributed by atoms with Crippen molar-refractivity contribution < 1.29 is 4.79 Å². The molecule has 1 rings (SSSR count). The SMILES string of the molecule is CCSc1cc(Cl)ccc1C(=O)NCC(C)C. The fraction of sp³-hybridized carbons (Fsp3) is 0.462. The standard InChI is InChI=1S/C13H18ClNOS/c1-4-17-12-7-10(14)5-6-11(12)13(16)15-8-9(2)3/h5-7,9H,4,8H2,1-3H3,(H,15,16). The molecule has 0 bridgehead atoms. The molecule has 4 heteroatoms. The van der Waals surface area contributed by atoms with Crippen LogP contribution in [0.1, 0.15) is 31.1 Å². The number of amides is 1. The number of hydrogen-bond acceptors (Lipinski definition) is 2. The predicted molar refractivity (Wildman–Crippen MR) is 75.0 cm³/mol. The lowest BCUT2D eigenvalue weighted by atomic mass is 10.2. The summed E-state index contributed by atoms with van der Waals surface area (Å²) in [4.78, 5) is 12.9. The second kappa shape index (κ2) is 6.92. The minimum absolute atomic E-state index is 0.0219. The van der Waals surface area contributed by atoms with Gasteiger partial charge in [-0.1, -0.05) is 32.4 Å². The highest BCUT2D eigenvalue weighted by Crippen LogP contribution is 2.26. The van der Waals surface area contributed by atoms with Crippen LogP contribution in [-0.4, -0.2) is 18.2 Å². The van der Waals surface area contributed by atoms with Crippen molar-refractivity contribution in [3.63, 3.8) is 0 Å². The third-order valence-corrected chi connectivity index (χ3v) is 3.33. The average molecular weight is 272 g/mol. The Morgan fingerprint density at radius 3 is 2.76 bits per heavy atom. The number of halogens is 1. The van der Waals surface area contributed by atoms with Gasteiger partial charge in [0.2, 0.25) is 0 Å². The van der Waals surface area contributed by atoms with Gasteiger partial charge in [-0.3, -0.25) is 4.79 Å². The predicted octanol–water partition coefficient (Wildman–Crippen LogP) is 3.84. The molecule has 1 aromatic rings. The molecule has 1 aromatic carbocycles. The summed E-state index contributed by atoms with van der Waals surface area (Å²) in [6.07, 6.45) is 0. The van der Waals surface area contributed by atoms with Gasteiger partial charge >= 0.3 is 0 Å².